The first kappa shape index (κ1) is 19.0. The summed E-state index contributed by atoms with van der Waals surface area (Å²) in [6, 6.07) is 16.0. The van der Waals surface area contributed by atoms with Crippen LogP contribution in [-0.4, -0.2) is 18.4 Å². The van der Waals surface area contributed by atoms with Crippen molar-refractivity contribution in [3.63, 3.8) is 0 Å². The quantitative estimate of drug-likeness (QED) is 0.720. The molecule has 27 heavy (non-hydrogen) atoms. The number of sulfonamides is 1. The Morgan fingerprint density at radius 2 is 1.67 bits per heavy atom. The Kier molecular flexibility index (Phi) is 5.02. The zero-order valence-electron chi connectivity index (χ0n) is 15.9. The van der Waals surface area contributed by atoms with Crippen LogP contribution in [-0.2, 0) is 15.4 Å². The van der Waals surface area contributed by atoms with Gasteiger partial charge in [0.2, 0.25) is 0 Å². The Bertz CT molecular complexity index is 1050. The SMILES string of the molecule is Cc1nccc(-c2cccc(NS(=O)(=O)c3ccc(C(C)(C)C)cc3)c2)n1. The van der Waals surface area contributed by atoms with E-state index in [4.69, 9.17) is 0 Å². The summed E-state index contributed by atoms with van der Waals surface area (Å²) in [4.78, 5) is 8.71. The molecule has 0 atom stereocenters. The normalized spacial score (nSPS) is 12.0. The maximum atomic E-state index is 12.7. The number of aryl methyl sites for hydroxylation is 1. The number of benzene rings is 2. The van der Waals surface area contributed by atoms with Crippen molar-refractivity contribution in [1.29, 1.82) is 0 Å². The molecule has 0 aliphatic heterocycles. The fourth-order valence-corrected chi connectivity index (χ4v) is 3.76. The summed E-state index contributed by atoms with van der Waals surface area (Å²) in [5, 5.41) is 0. The van der Waals surface area contributed by atoms with Crippen molar-refractivity contribution in [3.8, 4) is 11.3 Å². The number of nitrogens with zero attached hydrogens (tertiary/aromatic N) is 2. The Morgan fingerprint density at radius 3 is 2.30 bits per heavy atom. The molecule has 1 aromatic heterocycles. The molecular weight excluding hydrogens is 358 g/mol. The fourth-order valence-electron chi connectivity index (χ4n) is 2.71. The van der Waals surface area contributed by atoms with Gasteiger partial charge in [-0.3, -0.25) is 4.72 Å². The minimum absolute atomic E-state index is 0.0281. The van der Waals surface area contributed by atoms with Crippen LogP contribution in [0.4, 0.5) is 5.69 Å². The lowest BCUT2D eigenvalue weighted by molar-refractivity contribution is 0.587. The molecule has 0 aliphatic carbocycles. The van der Waals surface area contributed by atoms with E-state index in [1.54, 1.807) is 42.6 Å². The summed E-state index contributed by atoms with van der Waals surface area (Å²) in [6.07, 6.45) is 1.69. The van der Waals surface area contributed by atoms with E-state index in [0.717, 1.165) is 16.8 Å². The lowest BCUT2D eigenvalue weighted by Crippen LogP contribution is -2.15. The van der Waals surface area contributed by atoms with E-state index in [2.05, 4.69) is 35.5 Å². The molecule has 2 aromatic carbocycles. The van der Waals surface area contributed by atoms with Crippen LogP contribution in [0.5, 0.6) is 0 Å². The molecule has 6 heteroatoms. The van der Waals surface area contributed by atoms with Crippen LogP contribution in [0.3, 0.4) is 0 Å². The third-order valence-corrected chi connectivity index (χ3v) is 5.61. The Labute approximate surface area is 160 Å². The first-order valence-electron chi connectivity index (χ1n) is 8.69. The molecule has 0 aliphatic rings. The van der Waals surface area contributed by atoms with Crippen molar-refractivity contribution < 1.29 is 8.42 Å². The maximum Gasteiger partial charge on any atom is 0.261 e. The zero-order chi connectivity index (χ0) is 19.7. The molecule has 0 unspecified atom stereocenters. The van der Waals surface area contributed by atoms with Crippen LogP contribution in [0.25, 0.3) is 11.3 Å². The van der Waals surface area contributed by atoms with Gasteiger partial charge in [-0.05, 0) is 48.2 Å². The van der Waals surface area contributed by atoms with E-state index >= 15 is 0 Å². The van der Waals surface area contributed by atoms with Crippen LogP contribution in [0, 0.1) is 6.92 Å². The predicted molar refractivity (Wildman–Crippen MR) is 108 cm³/mol. The van der Waals surface area contributed by atoms with Gasteiger partial charge in [0.1, 0.15) is 5.82 Å². The number of aromatic nitrogens is 2. The summed E-state index contributed by atoms with van der Waals surface area (Å²) >= 11 is 0. The highest BCUT2D eigenvalue weighted by Gasteiger charge is 2.18. The van der Waals surface area contributed by atoms with Gasteiger partial charge in [-0.1, -0.05) is 45.0 Å². The third-order valence-electron chi connectivity index (χ3n) is 4.22. The van der Waals surface area contributed by atoms with Crippen LogP contribution in [0.1, 0.15) is 32.2 Å². The highest BCUT2D eigenvalue weighted by Crippen LogP contribution is 2.25. The van der Waals surface area contributed by atoms with Gasteiger partial charge in [-0.2, -0.15) is 0 Å². The van der Waals surface area contributed by atoms with Crippen LogP contribution >= 0.6 is 0 Å². The summed E-state index contributed by atoms with van der Waals surface area (Å²) < 4.78 is 28.1. The van der Waals surface area contributed by atoms with Gasteiger partial charge in [0.05, 0.1) is 10.6 Å². The summed E-state index contributed by atoms with van der Waals surface area (Å²) in [7, 11) is -3.67. The van der Waals surface area contributed by atoms with Gasteiger partial charge in [-0.25, -0.2) is 18.4 Å². The monoisotopic (exact) mass is 381 g/mol. The number of hydrogen-bond acceptors (Lipinski definition) is 4. The number of nitrogens with one attached hydrogen (secondary N) is 1. The summed E-state index contributed by atoms with van der Waals surface area (Å²) in [5.74, 6) is 0.664. The van der Waals surface area contributed by atoms with Gasteiger partial charge in [0.15, 0.2) is 0 Å². The second-order valence-electron chi connectivity index (χ2n) is 7.45. The molecule has 3 aromatic rings. The fraction of sp³-hybridized carbons (Fsp3) is 0.238. The van der Waals surface area contributed by atoms with Crippen molar-refractivity contribution in [2.75, 3.05) is 4.72 Å². The molecule has 1 heterocycles. The van der Waals surface area contributed by atoms with Crippen LogP contribution in [0.2, 0.25) is 0 Å². The molecule has 0 fully saturated rings. The van der Waals surface area contributed by atoms with Crippen molar-refractivity contribution in [2.45, 2.75) is 38.0 Å². The van der Waals surface area contributed by atoms with E-state index < -0.39 is 10.0 Å². The van der Waals surface area contributed by atoms with E-state index in [0.29, 0.717) is 11.5 Å². The molecule has 1 N–H and O–H groups in total. The zero-order valence-corrected chi connectivity index (χ0v) is 16.7. The van der Waals surface area contributed by atoms with E-state index in [-0.39, 0.29) is 10.3 Å². The standard InChI is InChI=1S/C21H23N3O2S/c1-15-22-13-12-20(23-15)16-6-5-7-18(14-16)24-27(25,26)19-10-8-17(9-11-19)21(2,3)4/h5-14,24H,1-4H3. The smallest absolute Gasteiger partial charge is 0.261 e. The van der Waals surface area contributed by atoms with Crippen LogP contribution in [0.15, 0.2) is 65.7 Å². The Balaban J connectivity index is 1.87. The first-order valence-corrected chi connectivity index (χ1v) is 10.2. The first-order chi connectivity index (χ1) is 12.6. The van der Waals surface area contributed by atoms with E-state index in [1.165, 1.54) is 0 Å². The van der Waals surface area contributed by atoms with Crippen molar-refractivity contribution >= 4 is 15.7 Å². The van der Waals surface area contributed by atoms with Crippen molar-refractivity contribution in [1.82, 2.24) is 9.97 Å². The molecule has 0 bridgehead atoms. The highest BCUT2D eigenvalue weighted by molar-refractivity contribution is 7.92. The molecule has 0 saturated carbocycles. The molecule has 0 radical (unpaired) electrons. The van der Waals surface area contributed by atoms with E-state index in [9.17, 15) is 8.42 Å². The second kappa shape index (κ2) is 7.12. The minimum Gasteiger partial charge on any atom is -0.280 e. The molecule has 0 amide bonds. The summed E-state index contributed by atoms with van der Waals surface area (Å²) in [5.41, 5.74) is 3.12. The minimum atomic E-state index is -3.67. The molecular formula is C21H23N3O2S. The number of rotatable bonds is 4. The molecule has 0 spiro atoms. The number of hydrogen-bond donors (Lipinski definition) is 1. The third kappa shape index (κ3) is 4.52. The van der Waals surface area contributed by atoms with Gasteiger partial charge in [-0.15, -0.1) is 0 Å². The topological polar surface area (TPSA) is 72.0 Å². The average molecular weight is 382 g/mol. The molecule has 140 valence electrons. The molecule has 0 saturated heterocycles. The van der Waals surface area contributed by atoms with Gasteiger partial charge in [0, 0.05) is 17.4 Å². The number of anilines is 1. The van der Waals surface area contributed by atoms with Gasteiger partial charge in [0.25, 0.3) is 10.0 Å². The Hall–Kier alpha value is -2.73. The lowest BCUT2D eigenvalue weighted by Gasteiger charge is -2.19. The Morgan fingerprint density at radius 1 is 0.963 bits per heavy atom. The second-order valence-corrected chi connectivity index (χ2v) is 9.13. The predicted octanol–water partition coefficient (Wildman–Crippen LogP) is 4.55. The van der Waals surface area contributed by atoms with Gasteiger partial charge >= 0.3 is 0 Å². The summed E-state index contributed by atoms with van der Waals surface area (Å²) in [6.45, 7) is 8.09. The maximum absolute atomic E-state index is 12.7. The molecule has 5 nitrogen and oxygen atoms in total. The molecule has 3 rings (SSSR count). The van der Waals surface area contributed by atoms with Gasteiger partial charge < -0.3 is 0 Å². The largest absolute Gasteiger partial charge is 0.280 e. The highest BCUT2D eigenvalue weighted by atomic mass is 32.2. The van der Waals surface area contributed by atoms with E-state index in [1.807, 2.05) is 25.1 Å². The van der Waals surface area contributed by atoms with Crippen molar-refractivity contribution in [2.24, 2.45) is 0 Å². The van der Waals surface area contributed by atoms with Crippen molar-refractivity contribution in [3.05, 3.63) is 72.2 Å². The average Bonchev–Trinajstić information content (AvgIpc) is 2.61. The van der Waals surface area contributed by atoms with Crippen LogP contribution < -0.4 is 4.72 Å². The lowest BCUT2D eigenvalue weighted by atomic mass is 9.87.